The van der Waals surface area contributed by atoms with Gasteiger partial charge < -0.3 is 4.74 Å². The number of carbonyl (C=O) groups is 1. The van der Waals surface area contributed by atoms with Crippen LogP contribution in [0.4, 0.5) is 0 Å². The van der Waals surface area contributed by atoms with E-state index < -0.39 is 0 Å². The van der Waals surface area contributed by atoms with E-state index in [0.29, 0.717) is 5.75 Å². The molecule has 0 bridgehead atoms. The van der Waals surface area contributed by atoms with E-state index in [1.54, 1.807) is 0 Å². The average Bonchev–Trinajstić information content (AvgIpc) is 2.36. The number of hydrazone groups is 1. The number of ether oxygens (including phenoxy) is 1. The lowest BCUT2D eigenvalue weighted by Gasteiger charge is -2.05. The van der Waals surface area contributed by atoms with Crippen LogP contribution in [0.2, 0.25) is 0 Å². The minimum absolute atomic E-state index is 0.0219. The second kappa shape index (κ2) is 7.48. The molecule has 0 spiro atoms. The fourth-order valence-electron chi connectivity index (χ4n) is 1.39. The lowest BCUT2D eigenvalue weighted by Crippen LogP contribution is -2.25. The van der Waals surface area contributed by atoms with Crippen LogP contribution in [-0.2, 0) is 4.79 Å². The fourth-order valence-corrected chi connectivity index (χ4v) is 1.39. The number of rotatable bonds is 6. The molecular formula is C14H20N2O2. The van der Waals surface area contributed by atoms with Gasteiger partial charge in [0.1, 0.15) is 5.75 Å². The number of carbonyl (C=O) groups excluding carboxylic acids is 1. The summed E-state index contributed by atoms with van der Waals surface area (Å²) in [7, 11) is 0. The predicted molar refractivity (Wildman–Crippen MR) is 72.8 cm³/mol. The van der Waals surface area contributed by atoms with Crippen molar-refractivity contribution < 1.29 is 9.53 Å². The van der Waals surface area contributed by atoms with Crippen LogP contribution in [-0.4, -0.2) is 18.2 Å². The van der Waals surface area contributed by atoms with E-state index in [9.17, 15) is 4.79 Å². The number of nitrogens with zero attached hydrogens (tertiary/aromatic N) is 1. The Balaban J connectivity index is 2.33. The van der Waals surface area contributed by atoms with Crippen molar-refractivity contribution in [1.29, 1.82) is 0 Å². The van der Waals surface area contributed by atoms with Crippen molar-refractivity contribution in [3.63, 3.8) is 0 Å². The molecule has 1 amide bonds. The van der Waals surface area contributed by atoms with E-state index in [4.69, 9.17) is 4.74 Å². The maximum atomic E-state index is 11.4. The number of benzene rings is 1. The van der Waals surface area contributed by atoms with Gasteiger partial charge in [0.2, 0.25) is 0 Å². The monoisotopic (exact) mass is 248 g/mol. The summed E-state index contributed by atoms with van der Waals surface area (Å²) in [6.07, 6.45) is 1.91. The summed E-state index contributed by atoms with van der Waals surface area (Å²) < 4.78 is 5.33. The molecule has 0 fully saturated rings. The first-order valence-electron chi connectivity index (χ1n) is 6.13. The van der Waals surface area contributed by atoms with Crippen LogP contribution in [0.1, 0.15) is 32.3 Å². The number of hydrogen-bond donors (Lipinski definition) is 1. The molecule has 0 atom stereocenters. The van der Waals surface area contributed by atoms with E-state index in [1.165, 1.54) is 0 Å². The largest absolute Gasteiger partial charge is 0.484 e. The Kier molecular flexibility index (Phi) is 5.91. The Morgan fingerprint density at radius 3 is 2.61 bits per heavy atom. The molecule has 4 nitrogen and oxygen atoms in total. The van der Waals surface area contributed by atoms with Crippen LogP contribution in [0.15, 0.2) is 29.4 Å². The second-order valence-corrected chi connectivity index (χ2v) is 4.23. The van der Waals surface area contributed by atoms with Crippen LogP contribution < -0.4 is 10.2 Å². The first-order chi connectivity index (χ1) is 8.61. The lowest BCUT2D eigenvalue weighted by molar-refractivity contribution is -0.123. The fraction of sp³-hybridized carbons (Fsp3) is 0.429. The van der Waals surface area contributed by atoms with Gasteiger partial charge in [-0.1, -0.05) is 31.0 Å². The quantitative estimate of drug-likeness (QED) is 0.621. The number of nitrogens with one attached hydrogen (secondary N) is 1. The molecule has 0 aliphatic carbocycles. The summed E-state index contributed by atoms with van der Waals surface area (Å²) in [5.41, 5.74) is 4.55. The van der Waals surface area contributed by atoms with Gasteiger partial charge >= 0.3 is 0 Å². The number of hydrogen-bond acceptors (Lipinski definition) is 3. The second-order valence-electron chi connectivity index (χ2n) is 4.23. The summed E-state index contributed by atoms with van der Waals surface area (Å²) in [5, 5.41) is 3.98. The van der Waals surface area contributed by atoms with Crippen molar-refractivity contribution in [2.45, 2.75) is 33.6 Å². The van der Waals surface area contributed by atoms with E-state index in [0.717, 1.165) is 24.1 Å². The molecule has 1 aromatic rings. The van der Waals surface area contributed by atoms with Gasteiger partial charge in [-0.05, 0) is 32.4 Å². The van der Waals surface area contributed by atoms with Gasteiger partial charge in [-0.2, -0.15) is 5.10 Å². The van der Waals surface area contributed by atoms with Crippen LogP contribution in [0, 0.1) is 6.92 Å². The van der Waals surface area contributed by atoms with Gasteiger partial charge in [-0.25, -0.2) is 5.43 Å². The zero-order valence-corrected chi connectivity index (χ0v) is 11.2. The molecule has 4 heteroatoms. The summed E-state index contributed by atoms with van der Waals surface area (Å²) in [5.74, 6) is 0.441. The summed E-state index contributed by atoms with van der Waals surface area (Å²) in [6, 6.07) is 7.57. The Morgan fingerprint density at radius 1 is 1.33 bits per heavy atom. The van der Waals surface area contributed by atoms with E-state index in [1.807, 2.05) is 38.1 Å². The molecule has 0 saturated carbocycles. The molecule has 0 heterocycles. The Bertz CT molecular complexity index is 410. The molecule has 1 rings (SSSR count). The van der Waals surface area contributed by atoms with Crippen molar-refractivity contribution in [2.24, 2.45) is 5.10 Å². The topological polar surface area (TPSA) is 50.7 Å². The zero-order chi connectivity index (χ0) is 13.4. The highest BCUT2D eigenvalue weighted by Crippen LogP contribution is 2.10. The van der Waals surface area contributed by atoms with Gasteiger partial charge in [0.15, 0.2) is 6.61 Å². The van der Waals surface area contributed by atoms with Crippen LogP contribution in [0.25, 0.3) is 0 Å². The van der Waals surface area contributed by atoms with E-state index >= 15 is 0 Å². The van der Waals surface area contributed by atoms with Gasteiger partial charge in [-0.3, -0.25) is 4.79 Å². The van der Waals surface area contributed by atoms with Crippen LogP contribution >= 0.6 is 0 Å². The Labute approximate surface area is 108 Å². The van der Waals surface area contributed by atoms with Crippen molar-refractivity contribution in [3.05, 3.63) is 29.8 Å². The Morgan fingerprint density at radius 2 is 2.00 bits per heavy atom. The standard InChI is InChI=1S/C14H20N2O2/c1-4-5-12(3)15-16-14(17)10-18-13-8-6-11(2)7-9-13/h6-9H,4-5,10H2,1-3H3,(H,16,17)/b15-12+. The molecule has 1 N–H and O–H groups in total. The maximum Gasteiger partial charge on any atom is 0.277 e. The third-order valence-electron chi connectivity index (χ3n) is 2.37. The maximum absolute atomic E-state index is 11.4. The Hall–Kier alpha value is -1.84. The molecule has 0 radical (unpaired) electrons. The summed E-state index contributed by atoms with van der Waals surface area (Å²) >= 11 is 0. The van der Waals surface area contributed by atoms with Gasteiger partial charge in [0, 0.05) is 5.71 Å². The van der Waals surface area contributed by atoms with Crippen molar-refractivity contribution >= 4 is 11.6 Å². The van der Waals surface area contributed by atoms with Gasteiger partial charge in [-0.15, -0.1) is 0 Å². The molecular weight excluding hydrogens is 228 g/mol. The minimum Gasteiger partial charge on any atom is -0.484 e. The first-order valence-corrected chi connectivity index (χ1v) is 6.13. The average molecular weight is 248 g/mol. The van der Waals surface area contributed by atoms with E-state index in [-0.39, 0.29) is 12.5 Å². The zero-order valence-electron chi connectivity index (χ0n) is 11.2. The molecule has 18 heavy (non-hydrogen) atoms. The van der Waals surface area contributed by atoms with Crippen molar-refractivity contribution in [2.75, 3.05) is 6.61 Å². The van der Waals surface area contributed by atoms with Crippen molar-refractivity contribution in [3.8, 4) is 5.75 Å². The van der Waals surface area contributed by atoms with Crippen molar-refractivity contribution in [1.82, 2.24) is 5.43 Å². The highest BCUT2D eigenvalue weighted by Gasteiger charge is 2.01. The molecule has 0 aromatic heterocycles. The first kappa shape index (κ1) is 14.2. The smallest absolute Gasteiger partial charge is 0.277 e. The van der Waals surface area contributed by atoms with Gasteiger partial charge in [0.25, 0.3) is 5.91 Å². The predicted octanol–water partition coefficient (Wildman–Crippen LogP) is 2.67. The highest BCUT2D eigenvalue weighted by molar-refractivity contribution is 5.84. The number of amides is 1. The molecule has 0 aliphatic heterocycles. The number of aryl methyl sites for hydroxylation is 1. The molecule has 1 aromatic carbocycles. The third-order valence-corrected chi connectivity index (χ3v) is 2.37. The minimum atomic E-state index is -0.244. The van der Waals surface area contributed by atoms with E-state index in [2.05, 4.69) is 17.5 Å². The lowest BCUT2D eigenvalue weighted by atomic mass is 10.2. The molecule has 0 unspecified atom stereocenters. The normalized spacial score (nSPS) is 11.2. The summed E-state index contributed by atoms with van der Waals surface area (Å²) in [4.78, 5) is 11.4. The molecule has 0 saturated heterocycles. The van der Waals surface area contributed by atoms with Crippen LogP contribution in [0.3, 0.4) is 0 Å². The highest BCUT2D eigenvalue weighted by atomic mass is 16.5. The van der Waals surface area contributed by atoms with Crippen LogP contribution in [0.5, 0.6) is 5.75 Å². The third kappa shape index (κ3) is 5.48. The SMILES string of the molecule is CCC/C(C)=N/NC(=O)COc1ccc(C)cc1. The molecule has 98 valence electrons. The molecule has 0 aliphatic rings. The van der Waals surface area contributed by atoms with Gasteiger partial charge in [0.05, 0.1) is 0 Å². The summed E-state index contributed by atoms with van der Waals surface area (Å²) in [6.45, 7) is 5.94.